The third-order valence-electron chi connectivity index (χ3n) is 3.59. The van der Waals surface area contributed by atoms with Gasteiger partial charge in [-0.3, -0.25) is 9.36 Å². The topological polar surface area (TPSA) is 79.0 Å². The fourth-order valence-corrected chi connectivity index (χ4v) is 2.81. The SMILES string of the molecule is CCOC(=O)Cn1c(=O)n(-c2ccc(Br)nn2)c2c(C)cccc21. The summed E-state index contributed by atoms with van der Waals surface area (Å²) in [6.07, 6.45) is 0. The van der Waals surface area contributed by atoms with Crippen molar-refractivity contribution in [3.8, 4) is 5.82 Å². The van der Waals surface area contributed by atoms with Crippen LogP contribution in [0.1, 0.15) is 12.5 Å². The van der Waals surface area contributed by atoms with E-state index in [1.807, 2.05) is 19.1 Å². The molecule has 0 radical (unpaired) electrons. The van der Waals surface area contributed by atoms with Crippen LogP contribution in [0.5, 0.6) is 0 Å². The second kappa shape index (κ2) is 6.56. The molecular weight excluding hydrogens is 376 g/mol. The molecule has 2 aromatic heterocycles. The van der Waals surface area contributed by atoms with Crippen LogP contribution in [0.4, 0.5) is 0 Å². The summed E-state index contributed by atoms with van der Waals surface area (Å²) in [7, 11) is 0. The number of nitrogens with zero attached hydrogens (tertiary/aromatic N) is 4. The van der Waals surface area contributed by atoms with Crippen LogP contribution in [0.15, 0.2) is 39.7 Å². The zero-order chi connectivity index (χ0) is 17.3. The fourth-order valence-electron chi connectivity index (χ4n) is 2.60. The quantitative estimate of drug-likeness (QED) is 0.638. The van der Waals surface area contributed by atoms with E-state index in [2.05, 4.69) is 26.1 Å². The van der Waals surface area contributed by atoms with Gasteiger partial charge in [0.05, 0.1) is 17.6 Å². The fraction of sp³-hybridized carbons (Fsp3) is 0.250. The Morgan fingerprint density at radius 2 is 2.04 bits per heavy atom. The molecule has 0 bridgehead atoms. The van der Waals surface area contributed by atoms with Crippen LogP contribution in [0.25, 0.3) is 16.9 Å². The maximum absolute atomic E-state index is 12.9. The highest BCUT2D eigenvalue weighted by atomic mass is 79.9. The second-order valence-electron chi connectivity index (χ2n) is 5.17. The lowest BCUT2D eigenvalue weighted by Crippen LogP contribution is -2.27. The number of esters is 1. The monoisotopic (exact) mass is 390 g/mol. The van der Waals surface area contributed by atoms with Gasteiger partial charge in [0, 0.05) is 0 Å². The third kappa shape index (κ3) is 2.84. The van der Waals surface area contributed by atoms with Crippen molar-refractivity contribution in [1.29, 1.82) is 0 Å². The molecule has 0 N–H and O–H groups in total. The zero-order valence-electron chi connectivity index (χ0n) is 13.2. The van der Waals surface area contributed by atoms with Gasteiger partial charge in [-0.15, -0.1) is 10.2 Å². The summed E-state index contributed by atoms with van der Waals surface area (Å²) in [6.45, 7) is 3.75. The van der Waals surface area contributed by atoms with E-state index in [4.69, 9.17) is 4.74 Å². The molecule has 3 rings (SSSR count). The highest BCUT2D eigenvalue weighted by Crippen LogP contribution is 2.20. The van der Waals surface area contributed by atoms with Gasteiger partial charge in [0.25, 0.3) is 0 Å². The minimum Gasteiger partial charge on any atom is -0.465 e. The molecule has 0 aliphatic rings. The Hall–Kier alpha value is -2.48. The number of carbonyl (C=O) groups excluding carboxylic acids is 1. The summed E-state index contributed by atoms with van der Waals surface area (Å²) >= 11 is 3.23. The van der Waals surface area contributed by atoms with Gasteiger partial charge in [0.1, 0.15) is 11.1 Å². The van der Waals surface area contributed by atoms with Crippen molar-refractivity contribution in [2.24, 2.45) is 0 Å². The van der Waals surface area contributed by atoms with Crippen molar-refractivity contribution in [3.05, 3.63) is 51.0 Å². The molecule has 0 fully saturated rings. The van der Waals surface area contributed by atoms with Crippen molar-refractivity contribution in [3.63, 3.8) is 0 Å². The van der Waals surface area contributed by atoms with E-state index < -0.39 is 5.97 Å². The first kappa shape index (κ1) is 16.4. The van der Waals surface area contributed by atoms with E-state index in [0.29, 0.717) is 21.5 Å². The van der Waals surface area contributed by atoms with E-state index in [-0.39, 0.29) is 18.8 Å². The molecule has 0 atom stereocenters. The molecule has 0 aliphatic heterocycles. The number of benzene rings is 1. The van der Waals surface area contributed by atoms with Gasteiger partial charge >= 0.3 is 11.7 Å². The number of aromatic nitrogens is 4. The van der Waals surface area contributed by atoms with Crippen LogP contribution >= 0.6 is 15.9 Å². The molecule has 0 saturated carbocycles. The highest BCUT2D eigenvalue weighted by Gasteiger charge is 2.19. The van der Waals surface area contributed by atoms with Gasteiger partial charge in [-0.25, -0.2) is 9.36 Å². The van der Waals surface area contributed by atoms with Crippen LogP contribution in [0.3, 0.4) is 0 Å². The molecule has 24 heavy (non-hydrogen) atoms. The lowest BCUT2D eigenvalue weighted by Gasteiger charge is -2.03. The summed E-state index contributed by atoms with van der Waals surface area (Å²) in [4.78, 5) is 24.8. The van der Waals surface area contributed by atoms with Crippen LogP contribution in [0, 0.1) is 6.92 Å². The van der Waals surface area contributed by atoms with Crippen molar-refractivity contribution in [1.82, 2.24) is 19.3 Å². The molecule has 0 amide bonds. The number of aryl methyl sites for hydroxylation is 1. The number of fused-ring (bicyclic) bond motifs is 1. The number of carbonyl (C=O) groups is 1. The van der Waals surface area contributed by atoms with Gasteiger partial charge in [-0.2, -0.15) is 0 Å². The minimum absolute atomic E-state index is 0.149. The van der Waals surface area contributed by atoms with Gasteiger partial charge < -0.3 is 4.74 Å². The molecule has 0 aliphatic carbocycles. The average Bonchev–Trinajstić information content (AvgIpc) is 2.83. The molecule has 8 heteroatoms. The maximum Gasteiger partial charge on any atom is 0.335 e. The number of halogens is 1. The molecule has 0 spiro atoms. The van der Waals surface area contributed by atoms with Crippen molar-refractivity contribution >= 4 is 32.9 Å². The summed E-state index contributed by atoms with van der Waals surface area (Å²) in [5.41, 5.74) is 1.89. The van der Waals surface area contributed by atoms with E-state index in [9.17, 15) is 9.59 Å². The Kier molecular flexibility index (Phi) is 4.48. The molecule has 0 saturated heterocycles. The predicted molar refractivity (Wildman–Crippen MR) is 92.2 cm³/mol. The van der Waals surface area contributed by atoms with Gasteiger partial charge in [-0.1, -0.05) is 12.1 Å². The van der Waals surface area contributed by atoms with E-state index in [1.165, 1.54) is 9.13 Å². The largest absolute Gasteiger partial charge is 0.465 e. The van der Waals surface area contributed by atoms with E-state index in [0.717, 1.165) is 5.56 Å². The van der Waals surface area contributed by atoms with Gasteiger partial charge in [0.2, 0.25) is 0 Å². The summed E-state index contributed by atoms with van der Waals surface area (Å²) < 4.78 is 8.40. The van der Waals surface area contributed by atoms with Crippen LogP contribution in [-0.2, 0) is 16.1 Å². The third-order valence-corrected chi connectivity index (χ3v) is 4.02. The Labute approximate surface area is 146 Å². The van der Waals surface area contributed by atoms with E-state index >= 15 is 0 Å². The number of imidazole rings is 1. The first-order valence-electron chi connectivity index (χ1n) is 7.39. The number of ether oxygens (including phenoxy) is 1. The molecule has 2 heterocycles. The van der Waals surface area contributed by atoms with Crippen LogP contribution in [0.2, 0.25) is 0 Å². The number of hydrogen-bond donors (Lipinski definition) is 0. The minimum atomic E-state index is -0.456. The standard InChI is InChI=1S/C16H15BrN4O3/c1-3-24-14(22)9-20-11-6-4-5-10(2)15(11)21(16(20)23)13-8-7-12(17)18-19-13/h4-8H,3,9H2,1-2H3. The molecule has 124 valence electrons. The van der Waals surface area contributed by atoms with Crippen LogP contribution < -0.4 is 5.69 Å². The molecule has 1 aromatic carbocycles. The second-order valence-corrected chi connectivity index (χ2v) is 5.98. The summed E-state index contributed by atoms with van der Waals surface area (Å²) in [6, 6.07) is 8.95. The van der Waals surface area contributed by atoms with Crippen LogP contribution in [-0.4, -0.2) is 31.9 Å². The Morgan fingerprint density at radius 3 is 2.71 bits per heavy atom. The Bertz CT molecular complexity index is 960. The molecule has 3 aromatic rings. The normalized spacial score (nSPS) is 11.0. The maximum atomic E-state index is 12.9. The highest BCUT2D eigenvalue weighted by molar-refractivity contribution is 9.10. The first-order chi connectivity index (χ1) is 11.5. The van der Waals surface area contributed by atoms with Crippen molar-refractivity contribution in [2.75, 3.05) is 6.61 Å². The molecule has 0 unspecified atom stereocenters. The molecule has 7 nitrogen and oxygen atoms in total. The summed E-state index contributed by atoms with van der Waals surface area (Å²) in [5.74, 6) is -0.0628. The number of para-hydroxylation sites is 1. The lowest BCUT2D eigenvalue weighted by molar-refractivity contribution is -0.143. The van der Waals surface area contributed by atoms with Gasteiger partial charge in [-0.05, 0) is 53.5 Å². The summed E-state index contributed by atoms with van der Waals surface area (Å²) in [5, 5.41) is 8.00. The van der Waals surface area contributed by atoms with Crippen molar-refractivity contribution in [2.45, 2.75) is 20.4 Å². The predicted octanol–water partition coefficient (Wildman–Crippen LogP) is 2.22. The smallest absolute Gasteiger partial charge is 0.335 e. The number of rotatable bonds is 4. The van der Waals surface area contributed by atoms with Crippen molar-refractivity contribution < 1.29 is 9.53 Å². The first-order valence-corrected chi connectivity index (χ1v) is 8.18. The zero-order valence-corrected chi connectivity index (χ0v) is 14.8. The average molecular weight is 391 g/mol. The van der Waals surface area contributed by atoms with Gasteiger partial charge in [0.15, 0.2) is 5.82 Å². The Balaban J connectivity index is 2.26. The van der Waals surface area contributed by atoms with E-state index in [1.54, 1.807) is 25.1 Å². The number of hydrogen-bond acceptors (Lipinski definition) is 5. The Morgan fingerprint density at radius 1 is 1.25 bits per heavy atom. The lowest BCUT2D eigenvalue weighted by atomic mass is 10.2. The molecular formula is C16H15BrN4O3.